The number of aryl methyl sites for hydroxylation is 1. The van der Waals surface area contributed by atoms with Crippen LogP contribution in [-0.4, -0.2) is 26.4 Å². The minimum absolute atomic E-state index is 0.201. The summed E-state index contributed by atoms with van der Waals surface area (Å²) >= 11 is 0. The zero-order valence-electron chi connectivity index (χ0n) is 10.0. The van der Waals surface area contributed by atoms with E-state index in [1.54, 1.807) is 11.6 Å². The largest absolute Gasteiger partial charge is 0.356 e. The molecule has 0 saturated carbocycles. The van der Waals surface area contributed by atoms with E-state index in [-0.39, 0.29) is 6.23 Å². The summed E-state index contributed by atoms with van der Waals surface area (Å²) in [6.07, 6.45) is 2.72. The van der Waals surface area contributed by atoms with Crippen molar-refractivity contribution in [2.45, 2.75) is 32.4 Å². The van der Waals surface area contributed by atoms with Crippen molar-refractivity contribution >= 4 is 11.0 Å². The molecule has 1 unspecified atom stereocenters. The molecule has 3 heterocycles. The Bertz CT molecular complexity index is 690. The Hall–Kier alpha value is -1.89. The van der Waals surface area contributed by atoms with E-state index in [9.17, 15) is 9.59 Å². The lowest BCUT2D eigenvalue weighted by molar-refractivity contribution is -0.0371. The first-order valence-electron chi connectivity index (χ1n) is 6.00. The lowest BCUT2D eigenvalue weighted by Crippen LogP contribution is -2.24. The van der Waals surface area contributed by atoms with Crippen molar-refractivity contribution in [2.75, 3.05) is 6.61 Å². The first kappa shape index (κ1) is 11.2. The molecule has 2 aromatic rings. The number of rotatable bonds is 1. The molecule has 0 radical (unpaired) electrons. The van der Waals surface area contributed by atoms with Gasteiger partial charge in [-0.1, -0.05) is 0 Å². The molecule has 0 bridgehead atoms. The van der Waals surface area contributed by atoms with Crippen molar-refractivity contribution in [2.24, 2.45) is 0 Å². The summed E-state index contributed by atoms with van der Waals surface area (Å²) in [4.78, 5) is 27.9. The number of aromatic nitrogens is 4. The number of hydrogen-bond donors (Lipinski definition) is 2. The molecule has 7 nitrogen and oxygen atoms in total. The van der Waals surface area contributed by atoms with Crippen LogP contribution in [0.4, 0.5) is 0 Å². The summed E-state index contributed by atoms with van der Waals surface area (Å²) < 4.78 is 7.24. The maximum atomic E-state index is 11.7. The van der Waals surface area contributed by atoms with Gasteiger partial charge in [0.1, 0.15) is 11.0 Å². The fraction of sp³-hybridized carbons (Fsp3) is 0.545. The summed E-state index contributed by atoms with van der Waals surface area (Å²) in [5.41, 5.74) is 0.0996. The molecule has 1 aliphatic heterocycles. The van der Waals surface area contributed by atoms with Crippen molar-refractivity contribution in [3.8, 4) is 0 Å². The van der Waals surface area contributed by atoms with Gasteiger partial charge in [-0.05, 0) is 26.2 Å². The Kier molecular flexibility index (Phi) is 2.55. The fourth-order valence-electron chi connectivity index (χ4n) is 2.37. The Labute approximate surface area is 102 Å². The van der Waals surface area contributed by atoms with E-state index >= 15 is 0 Å². The van der Waals surface area contributed by atoms with E-state index in [4.69, 9.17) is 4.74 Å². The molecular weight excluding hydrogens is 236 g/mol. The zero-order valence-corrected chi connectivity index (χ0v) is 10.0. The predicted octanol–water partition coefficient (Wildman–Crippen LogP) is 0.420. The highest BCUT2D eigenvalue weighted by Gasteiger charge is 2.21. The van der Waals surface area contributed by atoms with Gasteiger partial charge in [-0.3, -0.25) is 14.8 Å². The Morgan fingerprint density at radius 3 is 2.89 bits per heavy atom. The smallest absolute Gasteiger partial charge is 0.327 e. The lowest BCUT2D eigenvalue weighted by Gasteiger charge is -2.23. The van der Waals surface area contributed by atoms with Crippen molar-refractivity contribution in [1.29, 1.82) is 0 Å². The summed E-state index contributed by atoms with van der Waals surface area (Å²) in [7, 11) is 0. The molecule has 1 saturated heterocycles. The van der Waals surface area contributed by atoms with Gasteiger partial charge in [-0.15, -0.1) is 0 Å². The SMILES string of the molecule is Cc1nn(C2CCCCO2)c2[nH]c(=O)[nH]c(=O)c12. The first-order chi connectivity index (χ1) is 8.66. The van der Waals surface area contributed by atoms with Crippen LogP contribution in [0.15, 0.2) is 9.59 Å². The molecule has 1 atom stereocenters. The molecule has 0 spiro atoms. The number of nitrogens with one attached hydrogen (secondary N) is 2. The second-order valence-electron chi connectivity index (χ2n) is 4.48. The van der Waals surface area contributed by atoms with Crippen LogP contribution in [0.2, 0.25) is 0 Å². The van der Waals surface area contributed by atoms with E-state index in [2.05, 4.69) is 15.1 Å². The van der Waals surface area contributed by atoms with E-state index in [1.807, 2.05) is 0 Å². The normalized spacial score (nSPS) is 20.4. The van der Waals surface area contributed by atoms with Gasteiger partial charge in [0.15, 0.2) is 6.23 Å². The number of nitrogens with zero attached hydrogens (tertiary/aromatic N) is 2. The van der Waals surface area contributed by atoms with E-state index in [0.717, 1.165) is 19.3 Å². The molecule has 0 aliphatic carbocycles. The molecule has 0 amide bonds. The number of ether oxygens (including phenoxy) is 1. The average molecular weight is 250 g/mol. The van der Waals surface area contributed by atoms with E-state index in [0.29, 0.717) is 23.3 Å². The van der Waals surface area contributed by atoms with Crippen molar-refractivity contribution < 1.29 is 4.74 Å². The van der Waals surface area contributed by atoms with Gasteiger partial charge < -0.3 is 4.74 Å². The molecule has 0 aromatic carbocycles. The van der Waals surface area contributed by atoms with E-state index < -0.39 is 11.2 Å². The van der Waals surface area contributed by atoms with Crippen LogP contribution < -0.4 is 11.2 Å². The highest BCUT2D eigenvalue weighted by molar-refractivity contribution is 5.76. The number of hydrogen-bond acceptors (Lipinski definition) is 4. The topological polar surface area (TPSA) is 92.8 Å². The quantitative estimate of drug-likeness (QED) is 0.767. The number of aromatic amines is 2. The third-order valence-corrected chi connectivity index (χ3v) is 3.20. The van der Waals surface area contributed by atoms with Crippen LogP contribution in [0.5, 0.6) is 0 Å². The van der Waals surface area contributed by atoms with Crippen molar-refractivity contribution in [3.05, 3.63) is 26.5 Å². The maximum Gasteiger partial charge on any atom is 0.327 e. The predicted molar refractivity (Wildman–Crippen MR) is 64.6 cm³/mol. The summed E-state index contributed by atoms with van der Waals surface area (Å²) in [5.74, 6) is 0. The van der Waals surface area contributed by atoms with Gasteiger partial charge in [-0.2, -0.15) is 5.10 Å². The average Bonchev–Trinajstić information content (AvgIpc) is 2.67. The van der Waals surface area contributed by atoms with Crippen LogP contribution in [0.1, 0.15) is 31.2 Å². The molecule has 3 rings (SSSR count). The van der Waals surface area contributed by atoms with Gasteiger partial charge in [-0.25, -0.2) is 9.48 Å². The Morgan fingerprint density at radius 2 is 2.17 bits per heavy atom. The zero-order chi connectivity index (χ0) is 12.7. The molecule has 96 valence electrons. The standard InChI is InChI=1S/C11H14N4O3/c1-6-8-9(12-11(17)13-10(8)16)15(14-6)7-4-2-3-5-18-7/h7H,2-5H2,1H3,(H2,12,13,16,17). The van der Waals surface area contributed by atoms with Crippen LogP contribution >= 0.6 is 0 Å². The van der Waals surface area contributed by atoms with Gasteiger partial charge in [0.05, 0.1) is 5.69 Å². The second-order valence-corrected chi connectivity index (χ2v) is 4.48. The summed E-state index contributed by atoms with van der Waals surface area (Å²) in [6.45, 7) is 2.42. The third-order valence-electron chi connectivity index (χ3n) is 3.20. The van der Waals surface area contributed by atoms with Gasteiger partial charge in [0.25, 0.3) is 5.56 Å². The Balaban J connectivity index is 2.23. The van der Waals surface area contributed by atoms with Gasteiger partial charge >= 0.3 is 5.69 Å². The van der Waals surface area contributed by atoms with Crippen LogP contribution in [0, 0.1) is 6.92 Å². The summed E-state index contributed by atoms with van der Waals surface area (Å²) in [5, 5.41) is 4.74. The molecule has 2 N–H and O–H groups in total. The molecule has 1 aliphatic rings. The van der Waals surface area contributed by atoms with E-state index in [1.165, 1.54) is 0 Å². The van der Waals surface area contributed by atoms with Crippen LogP contribution in [0.3, 0.4) is 0 Å². The van der Waals surface area contributed by atoms with Gasteiger partial charge in [0, 0.05) is 6.61 Å². The minimum Gasteiger partial charge on any atom is -0.356 e. The highest BCUT2D eigenvalue weighted by Crippen LogP contribution is 2.24. The molecule has 7 heteroatoms. The monoisotopic (exact) mass is 250 g/mol. The van der Waals surface area contributed by atoms with Crippen LogP contribution in [-0.2, 0) is 4.74 Å². The number of H-pyrrole nitrogens is 2. The lowest BCUT2D eigenvalue weighted by atomic mass is 10.2. The maximum absolute atomic E-state index is 11.7. The van der Waals surface area contributed by atoms with Crippen molar-refractivity contribution in [3.63, 3.8) is 0 Å². The summed E-state index contributed by atoms with van der Waals surface area (Å²) in [6, 6.07) is 0. The second kappa shape index (κ2) is 4.09. The third kappa shape index (κ3) is 1.67. The molecule has 2 aromatic heterocycles. The molecule has 18 heavy (non-hydrogen) atoms. The van der Waals surface area contributed by atoms with Gasteiger partial charge in [0.2, 0.25) is 0 Å². The van der Waals surface area contributed by atoms with Crippen molar-refractivity contribution in [1.82, 2.24) is 19.7 Å². The molecule has 1 fully saturated rings. The number of fused-ring (bicyclic) bond motifs is 1. The Morgan fingerprint density at radius 1 is 1.33 bits per heavy atom. The fourth-order valence-corrected chi connectivity index (χ4v) is 2.37. The highest BCUT2D eigenvalue weighted by atomic mass is 16.5. The van der Waals surface area contributed by atoms with Crippen LogP contribution in [0.25, 0.3) is 11.0 Å². The first-order valence-corrected chi connectivity index (χ1v) is 6.00. The minimum atomic E-state index is -0.524. The molecular formula is C11H14N4O3.